The number of hydrogen-bond donors (Lipinski definition) is 3. The van der Waals surface area contributed by atoms with Crippen LogP contribution in [0.15, 0.2) is 20.4 Å². The zero-order valence-electron chi connectivity index (χ0n) is 15.9. The second kappa shape index (κ2) is 7.33. The van der Waals surface area contributed by atoms with Gasteiger partial charge in [-0.3, -0.25) is 14.6 Å². The van der Waals surface area contributed by atoms with Gasteiger partial charge in [0, 0.05) is 11.1 Å². The van der Waals surface area contributed by atoms with Gasteiger partial charge in [-0.1, -0.05) is 30.1 Å². The Labute approximate surface area is 179 Å². The number of aromatic nitrogens is 5. The normalized spacial score (nSPS) is 15.2. The van der Waals surface area contributed by atoms with Crippen LogP contribution in [0.1, 0.15) is 30.4 Å². The number of nitrogen functional groups attached to an aromatic ring is 1. The Morgan fingerprint density at radius 3 is 2.77 bits per heavy atom. The Hall–Kier alpha value is -3.05. The lowest BCUT2D eigenvalue weighted by molar-refractivity contribution is 0.448. The van der Waals surface area contributed by atoms with E-state index >= 15 is 0 Å². The number of nitrogens with one attached hydrogen (secondary N) is 2. The van der Waals surface area contributed by atoms with Crippen molar-refractivity contribution in [3.05, 3.63) is 58.4 Å². The summed E-state index contributed by atoms with van der Waals surface area (Å²) in [5, 5.41) is 10.4. The van der Waals surface area contributed by atoms with Gasteiger partial charge < -0.3 is 10.5 Å². The number of anilines is 1. The van der Waals surface area contributed by atoms with Crippen LogP contribution in [0.2, 0.25) is 10.0 Å². The van der Waals surface area contributed by atoms with Crippen molar-refractivity contribution in [2.45, 2.75) is 25.7 Å². The topological polar surface area (TPSA) is 149 Å². The first-order chi connectivity index (χ1) is 14.2. The highest BCUT2D eigenvalue weighted by Crippen LogP contribution is 2.40. The molecule has 154 valence electrons. The van der Waals surface area contributed by atoms with Crippen molar-refractivity contribution in [3.8, 4) is 17.3 Å². The summed E-state index contributed by atoms with van der Waals surface area (Å²) in [6.07, 6.45) is 1.45. The van der Waals surface area contributed by atoms with Crippen molar-refractivity contribution in [1.29, 1.82) is 0 Å². The Balaban J connectivity index is 1.83. The van der Waals surface area contributed by atoms with E-state index in [2.05, 4.69) is 20.3 Å². The number of H-pyrrole nitrogens is 2. The highest BCUT2D eigenvalue weighted by atomic mass is 35.5. The van der Waals surface area contributed by atoms with E-state index in [0.29, 0.717) is 23.0 Å². The van der Waals surface area contributed by atoms with Crippen LogP contribution in [0, 0.1) is 0 Å². The first-order valence-corrected chi connectivity index (χ1v) is 9.72. The number of nitrogens with zero attached hydrogens (tertiary/aromatic N) is 3. The van der Waals surface area contributed by atoms with Gasteiger partial charge in [0.1, 0.15) is 7.85 Å². The van der Waals surface area contributed by atoms with Crippen LogP contribution < -0.4 is 32.7 Å². The number of hydrogen-bond acceptors (Lipinski definition) is 7. The average molecular weight is 449 g/mol. The first kappa shape index (κ1) is 20.2. The molecule has 0 fully saturated rings. The molecule has 2 aromatic heterocycles. The molecule has 1 atom stereocenters. The lowest BCUT2D eigenvalue weighted by atomic mass is 9.93. The van der Waals surface area contributed by atoms with E-state index in [1.165, 1.54) is 6.07 Å². The van der Waals surface area contributed by atoms with Gasteiger partial charge in [-0.05, 0) is 30.3 Å². The second-order valence-electron chi connectivity index (χ2n) is 6.99. The molecule has 13 heteroatoms. The number of halogens is 2. The summed E-state index contributed by atoms with van der Waals surface area (Å²) in [4.78, 5) is 37.8. The summed E-state index contributed by atoms with van der Waals surface area (Å²) in [7, 11) is 1.63. The van der Waals surface area contributed by atoms with E-state index in [-0.39, 0.29) is 44.7 Å². The molecule has 0 radical (unpaired) electrons. The van der Waals surface area contributed by atoms with Crippen molar-refractivity contribution in [2.24, 2.45) is 0 Å². The van der Waals surface area contributed by atoms with Crippen LogP contribution >= 0.6 is 23.2 Å². The molecule has 1 aliphatic rings. The quantitative estimate of drug-likeness (QED) is 0.477. The fourth-order valence-corrected chi connectivity index (χ4v) is 4.02. The van der Waals surface area contributed by atoms with E-state index in [0.717, 1.165) is 11.1 Å². The molecule has 0 spiro atoms. The van der Waals surface area contributed by atoms with Crippen LogP contribution in [0.3, 0.4) is 0 Å². The van der Waals surface area contributed by atoms with E-state index < -0.39 is 11.2 Å². The zero-order chi connectivity index (χ0) is 21.7. The van der Waals surface area contributed by atoms with E-state index in [1.54, 1.807) is 7.85 Å². The Morgan fingerprint density at radius 1 is 1.30 bits per heavy atom. The molecule has 1 aromatic carbocycles. The van der Waals surface area contributed by atoms with E-state index in [9.17, 15) is 14.4 Å². The zero-order valence-corrected chi connectivity index (χ0v) is 17.4. The lowest BCUT2D eigenvalue weighted by Gasteiger charge is -2.16. The molecule has 1 aliphatic carbocycles. The predicted octanol–water partition coefficient (Wildman–Crippen LogP) is -0.00650. The molecule has 0 aliphatic heterocycles. The number of benzene rings is 1. The van der Waals surface area contributed by atoms with Crippen molar-refractivity contribution < 1.29 is 4.74 Å². The molecule has 10 nitrogen and oxygen atoms in total. The van der Waals surface area contributed by atoms with Crippen LogP contribution in [-0.2, 0) is 6.42 Å². The monoisotopic (exact) mass is 448 g/mol. The Morgan fingerprint density at radius 2 is 2.03 bits per heavy atom. The number of ether oxygens (including phenoxy) is 1. The largest absolute Gasteiger partial charge is 0.434 e. The first-order valence-electron chi connectivity index (χ1n) is 8.96. The van der Waals surface area contributed by atoms with Crippen molar-refractivity contribution in [2.75, 3.05) is 5.73 Å². The maximum Gasteiger partial charge on any atom is 0.349 e. The second-order valence-corrected chi connectivity index (χ2v) is 7.78. The average Bonchev–Trinajstić information content (AvgIpc) is 3.09. The third-order valence-electron chi connectivity index (χ3n) is 5.08. The van der Waals surface area contributed by atoms with Crippen LogP contribution in [0.25, 0.3) is 5.69 Å². The molecule has 30 heavy (non-hydrogen) atoms. The molecule has 0 amide bonds. The SMILES string of the molecule is Bc1c(-n2nc(N)c(=O)[nH]c2=O)cc(Cl)c(Oc2n[nH]c(=O)c3c2CCC3C)c1Cl. The molecule has 0 saturated heterocycles. The molecular formula is C17H15BCl2N6O4. The minimum Gasteiger partial charge on any atom is -0.434 e. The summed E-state index contributed by atoms with van der Waals surface area (Å²) in [6, 6.07) is 1.42. The van der Waals surface area contributed by atoms with Gasteiger partial charge in [-0.25, -0.2) is 9.89 Å². The van der Waals surface area contributed by atoms with Crippen LogP contribution in [0.5, 0.6) is 11.6 Å². The number of fused-ring (bicyclic) bond motifs is 1. The molecule has 4 N–H and O–H groups in total. The van der Waals surface area contributed by atoms with Crippen LogP contribution in [0.4, 0.5) is 5.82 Å². The highest BCUT2D eigenvalue weighted by molar-refractivity contribution is 6.49. The molecule has 3 aromatic rings. The number of rotatable bonds is 3. The third kappa shape index (κ3) is 3.19. The summed E-state index contributed by atoms with van der Waals surface area (Å²) in [6.45, 7) is 1.96. The van der Waals surface area contributed by atoms with Gasteiger partial charge >= 0.3 is 5.69 Å². The number of aromatic amines is 2. The fourth-order valence-electron chi connectivity index (χ4n) is 3.50. The standard InChI is InChI=1S/C17H15BCl2N6O4/c1-5-2-3-6-9(5)14(27)23-24-16(6)30-12-7(19)4-8(10(18)11(12)20)26-17(29)22-15(28)13(21)25-26/h4-5H,2-3,18H2,1H3,(H2,21,25)(H,23,27)(H,22,28,29). The van der Waals surface area contributed by atoms with Gasteiger partial charge in [0.05, 0.1) is 15.7 Å². The summed E-state index contributed by atoms with van der Waals surface area (Å²) < 4.78 is 6.79. The maximum absolute atomic E-state index is 12.2. The minimum atomic E-state index is -0.799. The van der Waals surface area contributed by atoms with Gasteiger partial charge in [0.15, 0.2) is 5.75 Å². The fraction of sp³-hybridized carbons (Fsp3) is 0.235. The van der Waals surface area contributed by atoms with Gasteiger partial charge in [0.2, 0.25) is 11.7 Å². The lowest BCUT2D eigenvalue weighted by Crippen LogP contribution is -2.35. The van der Waals surface area contributed by atoms with Crippen molar-refractivity contribution in [3.63, 3.8) is 0 Å². The maximum atomic E-state index is 12.2. The summed E-state index contributed by atoms with van der Waals surface area (Å²) >= 11 is 12.9. The van der Waals surface area contributed by atoms with Crippen molar-refractivity contribution in [1.82, 2.24) is 25.0 Å². The molecule has 4 rings (SSSR count). The highest BCUT2D eigenvalue weighted by Gasteiger charge is 2.28. The van der Waals surface area contributed by atoms with Gasteiger partial charge in [-0.15, -0.1) is 10.2 Å². The molecule has 1 unspecified atom stereocenters. The Kier molecular flexibility index (Phi) is 4.95. The molecule has 0 bridgehead atoms. The van der Waals surface area contributed by atoms with E-state index in [1.807, 2.05) is 6.92 Å². The number of nitrogens with two attached hydrogens (primary N) is 1. The smallest absolute Gasteiger partial charge is 0.349 e. The minimum absolute atomic E-state index is 0.0758. The van der Waals surface area contributed by atoms with Crippen molar-refractivity contribution >= 4 is 42.3 Å². The Bertz CT molecular complexity index is 1370. The predicted molar refractivity (Wildman–Crippen MR) is 115 cm³/mol. The molecular weight excluding hydrogens is 434 g/mol. The summed E-state index contributed by atoms with van der Waals surface area (Å²) in [5.74, 6) is 0.0382. The van der Waals surface area contributed by atoms with Gasteiger partial charge in [-0.2, -0.15) is 4.68 Å². The molecule has 2 heterocycles. The van der Waals surface area contributed by atoms with Crippen LogP contribution in [-0.4, -0.2) is 32.8 Å². The third-order valence-corrected chi connectivity index (χ3v) is 5.82. The van der Waals surface area contributed by atoms with E-state index in [4.69, 9.17) is 33.7 Å². The molecule has 0 saturated carbocycles. The van der Waals surface area contributed by atoms with Gasteiger partial charge in [0.25, 0.3) is 11.1 Å². The summed E-state index contributed by atoms with van der Waals surface area (Å²) in [5.41, 5.74) is 5.67.